The maximum absolute atomic E-state index is 12.6. The van der Waals surface area contributed by atoms with E-state index in [9.17, 15) is 13.2 Å². The molecule has 1 amide bonds. The highest BCUT2D eigenvalue weighted by Gasteiger charge is 2.31. The van der Waals surface area contributed by atoms with E-state index in [0.717, 1.165) is 4.90 Å². The number of hydrogen-bond acceptors (Lipinski definition) is 5. The van der Waals surface area contributed by atoms with Gasteiger partial charge < -0.3 is 5.32 Å². The number of benzene rings is 1. The molecule has 1 aromatic heterocycles. The van der Waals surface area contributed by atoms with Crippen LogP contribution in [0.5, 0.6) is 0 Å². The largest absolute Gasteiger partial charge is 0.310 e. The van der Waals surface area contributed by atoms with Crippen LogP contribution in [0.2, 0.25) is 10.0 Å². The van der Waals surface area contributed by atoms with Crippen molar-refractivity contribution in [3.05, 3.63) is 40.0 Å². The molecule has 1 aliphatic heterocycles. The van der Waals surface area contributed by atoms with Gasteiger partial charge in [0.15, 0.2) is 9.84 Å². The molecule has 27 heavy (non-hydrogen) atoms. The van der Waals surface area contributed by atoms with Gasteiger partial charge in [0, 0.05) is 16.0 Å². The summed E-state index contributed by atoms with van der Waals surface area (Å²) >= 11 is 13.5. The molecule has 1 fully saturated rings. The molecular formula is C17H19Cl2N3O3S2. The quantitative estimate of drug-likeness (QED) is 0.700. The SMILES string of the molecule is Cc1cc(NC(=O)C(C)Sc2cc(Cl)ccc2Cl)n(C2CCS(=O)(=O)C2)n1. The van der Waals surface area contributed by atoms with Gasteiger partial charge in [-0.25, -0.2) is 13.1 Å². The lowest BCUT2D eigenvalue weighted by Gasteiger charge is -2.16. The van der Waals surface area contributed by atoms with Crippen LogP contribution in [-0.4, -0.2) is 40.9 Å². The van der Waals surface area contributed by atoms with Crippen LogP contribution in [0.15, 0.2) is 29.2 Å². The number of anilines is 1. The first kappa shape index (κ1) is 20.5. The second kappa shape index (κ2) is 8.03. The molecule has 0 spiro atoms. The summed E-state index contributed by atoms with van der Waals surface area (Å²) in [5, 5.41) is 7.87. The van der Waals surface area contributed by atoms with Crippen molar-refractivity contribution >= 4 is 56.5 Å². The van der Waals surface area contributed by atoms with Gasteiger partial charge in [0.25, 0.3) is 0 Å². The molecule has 6 nitrogen and oxygen atoms in total. The van der Waals surface area contributed by atoms with Crippen LogP contribution in [0, 0.1) is 6.92 Å². The molecule has 0 radical (unpaired) electrons. The summed E-state index contributed by atoms with van der Waals surface area (Å²) in [5.74, 6) is 0.463. The number of hydrogen-bond donors (Lipinski definition) is 1. The van der Waals surface area contributed by atoms with E-state index in [-0.39, 0.29) is 23.5 Å². The first-order valence-corrected chi connectivity index (χ1v) is 11.8. The van der Waals surface area contributed by atoms with Crippen LogP contribution >= 0.6 is 35.0 Å². The van der Waals surface area contributed by atoms with Crippen molar-refractivity contribution < 1.29 is 13.2 Å². The fourth-order valence-electron chi connectivity index (χ4n) is 2.90. The third-order valence-corrected chi connectivity index (χ3v) is 7.82. The number of aromatic nitrogens is 2. The molecule has 1 aromatic carbocycles. The molecule has 2 heterocycles. The number of aryl methyl sites for hydroxylation is 1. The van der Waals surface area contributed by atoms with E-state index in [4.69, 9.17) is 23.2 Å². The molecule has 2 unspecified atom stereocenters. The number of carbonyl (C=O) groups is 1. The maximum atomic E-state index is 12.6. The Labute approximate surface area is 172 Å². The Morgan fingerprint density at radius 3 is 2.78 bits per heavy atom. The Hall–Kier alpha value is -1.22. The van der Waals surface area contributed by atoms with Gasteiger partial charge in [-0.15, -0.1) is 11.8 Å². The van der Waals surface area contributed by atoms with Gasteiger partial charge in [-0.2, -0.15) is 5.10 Å². The van der Waals surface area contributed by atoms with Crippen molar-refractivity contribution in [1.82, 2.24) is 9.78 Å². The standard InChI is InChI=1S/C17H19Cl2N3O3S2/c1-10-7-16(22(21-10)13-5-6-27(24,25)9-13)20-17(23)11(2)26-15-8-12(18)3-4-14(15)19/h3-4,7-8,11,13H,5-6,9H2,1-2H3,(H,20,23). The van der Waals surface area contributed by atoms with Crippen LogP contribution in [0.25, 0.3) is 0 Å². The number of amides is 1. The Balaban J connectivity index is 1.73. The summed E-state index contributed by atoms with van der Waals surface area (Å²) in [5.41, 5.74) is 0.716. The first-order chi connectivity index (χ1) is 12.6. The number of nitrogens with one attached hydrogen (secondary N) is 1. The van der Waals surface area contributed by atoms with Crippen LogP contribution < -0.4 is 5.32 Å². The van der Waals surface area contributed by atoms with Gasteiger partial charge in [0.05, 0.1) is 33.5 Å². The van der Waals surface area contributed by atoms with Crippen molar-refractivity contribution in [1.29, 1.82) is 0 Å². The zero-order chi connectivity index (χ0) is 19.8. The van der Waals surface area contributed by atoms with E-state index in [2.05, 4.69) is 10.4 Å². The summed E-state index contributed by atoms with van der Waals surface area (Å²) in [6.45, 7) is 3.57. The normalized spacial score (nSPS) is 19.8. The average Bonchev–Trinajstić information content (AvgIpc) is 3.12. The minimum Gasteiger partial charge on any atom is -0.310 e. The Morgan fingerprint density at radius 2 is 2.11 bits per heavy atom. The van der Waals surface area contributed by atoms with Gasteiger partial charge in [-0.1, -0.05) is 23.2 Å². The maximum Gasteiger partial charge on any atom is 0.238 e. The van der Waals surface area contributed by atoms with E-state index >= 15 is 0 Å². The van der Waals surface area contributed by atoms with Crippen molar-refractivity contribution in [2.24, 2.45) is 0 Å². The second-order valence-electron chi connectivity index (χ2n) is 6.50. The van der Waals surface area contributed by atoms with Crippen LogP contribution in [0.3, 0.4) is 0 Å². The number of rotatable bonds is 5. The monoisotopic (exact) mass is 447 g/mol. The third-order valence-electron chi connectivity index (χ3n) is 4.23. The Kier molecular flexibility index (Phi) is 6.10. The summed E-state index contributed by atoms with van der Waals surface area (Å²) in [4.78, 5) is 13.4. The first-order valence-electron chi connectivity index (χ1n) is 8.34. The lowest BCUT2D eigenvalue weighted by Crippen LogP contribution is -2.25. The molecule has 2 aromatic rings. The molecule has 2 atom stereocenters. The highest BCUT2D eigenvalue weighted by Crippen LogP contribution is 2.33. The number of halogens is 2. The fourth-order valence-corrected chi connectivity index (χ4v) is 6.00. The van der Waals surface area contributed by atoms with Crippen molar-refractivity contribution in [2.75, 3.05) is 16.8 Å². The zero-order valence-corrected chi connectivity index (χ0v) is 17.9. The molecule has 10 heteroatoms. The van der Waals surface area contributed by atoms with Crippen LogP contribution in [-0.2, 0) is 14.6 Å². The molecule has 3 rings (SSSR count). The minimum absolute atomic E-state index is 0.0411. The summed E-state index contributed by atoms with van der Waals surface area (Å²) in [6.07, 6.45) is 0.495. The predicted molar refractivity (Wildman–Crippen MR) is 110 cm³/mol. The highest BCUT2D eigenvalue weighted by atomic mass is 35.5. The second-order valence-corrected chi connectivity index (χ2v) is 11.0. The van der Waals surface area contributed by atoms with Crippen molar-refractivity contribution in [3.8, 4) is 0 Å². The molecule has 146 valence electrons. The summed E-state index contributed by atoms with van der Waals surface area (Å²) in [6, 6.07) is 6.58. The number of nitrogens with zero attached hydrogens (tertiary/aromatic N) is 2. The Morgan fingerprint density at radius 1 is 1.37 bits per heavy atom. The number of thioether (sulfide) groups is 1. The predicted octanol–water partition coefficient (Wildman–Crippen LogP) is 3.98. The minimum atomic E-state index is -3.05. The van der Waals surface area contributed by atoms with E-state index in [1.165, 1.54) is 11.8 Å². The summed E-state index contributed by atoms with van der Waals surface area (Å²) in [7, 11) is -3.05. The third kappa shape index (κ3) is 4.99. The van der Waals surface area contributed by atoms with Crippen LogP contribution in [0.4, 0.5) is 5.82 Å². The topological polar surface area (TPSA) is 81.1 Å². The van der Waals surface area contributed by atoms with Gasteiger partial charge in [-0.05, 0) is 38.5 Å². The van der Waals surface area contributed by atoms with Crippen molar-refractivity contribution in [2.45, 2.75) is 36.5 Å². The molecular weight excluding hydrogens is 429 g/mol. The van der Waals surface area contributed by atoms with E-state index in [0.29, 0.717) is 28.0 Å². The zero-order valence-electron chi connectivity index (χ0n) is 14.8. The highest BCUT2D eigenvalue weighted by molar-refractivity contribution is 8.00. The van der Waals surface area contributed by atoms with E-state index in [1.807, 2.05) is 0 Å². The lowest BCUT2D eigenvalue weighted by atomic mass is 10.3. The molecule has 1 N–H and O–H groups in total. The number of carbonyl (C=O) groups excluding carboxylic acids is 1. The average molecular weight is 448 g/mol. The van der Waals surface area contributed by atoms with Gasteiger partial charge in [-0.3, -0.25) is 4.79 Å². The molecule has 1 saturated heterocycles. The van der Waals surface area contributed by atoms with E-state index < -0.39 is 15.1 Å². The molecule has 0 saturated carbocycles. The Bertz CT molecular complexity index is 976. The van der Waals surface area contributed by atoms with Crippen molar-refractivity contribution in [3.63, 3.8) is 0 Å². The van der Waals surface area contributed by atoms with Gasteiger partial charge >= 0.3 is 0 Å². The lowest BCUT2D eigenvalue weighted by molar-refractivity contribution is -0.115. The molecule has 1 aliphatic rings. The van der Waals surface area contributed by atoms with Gasteiger partial charge in [0.2, 0.25) is 5.91 Å². The van der Waals surface area contributed by atoms with Crippen LogP contribution in [0.1, 0.15) is 25.1 Å². The van der Waals surface area contributed by atoms with Gasteiger partial charge in [0.1, 0.15) is 5.82 Å². The molecule has 0 bridgehead atoms. The summed E-state index contributed by atoms with van der Waals surface area (Å²) < 4.78 is 25.2. The fraction of sp³-hybridized carbons (Fsp3) is 0.412. The number of sulfone groups is 1. The smallest absolute Gasteiger partial charge is 0.238 e. The van der Waals surface area contributed by atoms with E-state index in [1.54, 1.807) is 42.8 Å². The molecule has 0 aliphatic carbocycles.